The second kappa shape index (κ2) is 12.5. The number of nitrogens with zero attached hydrogens (tertiary/aromatic N) is 2. The lowest BCUT2D eigenvalue weighted by molar-refractivity contribution is -0.123. The maximum absolute atomic E-state index is 12.6. The van der Waals surface area contributed by atoms with Gasteiger partial charge in [-0.2, -0.15) is 4.31 Å². The summed E-state index contributed by atoms with van der Waals surface area (Å²) in [6.45, 7) is 5.45. The second-order valence-electron chi connectivity index (χ2n) is 6.53. The predicted octanol–water partition coefficient (Wildman–Crippen LogP) is 0.740. The fourth-order valence-electron chi connectivity index (χ4n) is 2.69. The number of anilines is 1. The highest BCUT2D eigenvalue weighted by atomic mass is 32.2. The molecule has 1 rings (SSSR count). The third-order valence-corrected chi connectivity index (χ3v) is 6.18. The van der Waals surface area contributed by atoms with Crippen molar-refractivity contribution >= 4 is 27.5 Å². The number of nitrogens with one attached hydrogen (secondary N) is 2. The molecule has 0 aliphatic rings. The molecular weight excluding hydrogens is 396 g/mol. The number of rotatable bonds is 13. The Morgan fingerprint density at radius 1 is 1.10 bits per heavy atom. The summed E-state index contributed by atoms with van der Waals surface area (Å²) in [6.07, 6.45) is 0.721. The molecule has 0 heterocycles. The average molecular weight is 429 g/mol. The van der Waals surface area contributed by atoms with E-state index in [1.54, 1.807) is 45.0 Å². The Morgan fingerprint density at radius 3 is 2.38 bits per heavy atom. The first-order valence-electron chi connectivity index (χ1n) is 9.58. The van der Waals surface area contributed by atoms with Crippen LogP contribution in [0.3, 0.4) is 0 Å². The first-order valence-corrected chi connectivity index (χ1v) is 11.0. The summed E-state index contributed by atoms with van der Waals surface area (Å²) < 4.78 is 31.5. The van der Waals surface area contributed by atoms with Gasteiger partial charge in [0.05, 0.1) is 18.0 Å². The Kier molecular flexibility index (Phi) is 10.8. The second-order valence-corrected chi connectivity index (χ2v) is 8.47. The molecule has 0 saturated carbocycles. The average Bonchev–Trinajstić information content (AvgIpc) is 2.66. The molecule has 0 atom stereocenters. The molecule has 1 aromatic rings. The van der Waals surface area contributed by atoms with Gasteiger partial charge in [-0.3, -0.25) is 14.5 Å². The molecule has 164 valence electrons. The zero-order valence-corrected chi connectivity index (χ0v) is 18.4. The number of carbonyl (C=O) groups excluding carboxylic acids is 2. The fraction of sp³-hybridized carbons (Fsp3) is 0.579. The molecular formula is C19H32N4O5S. The van der Waals surface area contributed by atoms with Crippen LogP contribution in [0.1, 0.15) is 20.3 Å². The number of likely N-dealkylation sites (N-methyl/N-ethyl adjacent to an activating group) is 1. The number of hydrogen-bond donors (Lipinski definition) is 2. The van der Waals surface area contributed by atoms with Crippen LogP contribution < -0.4 is 10.6 Å². The molecule has 0 aliphatic heterocycles. The number of sulfonamides is 1. The molecule has 0 unspecified atom stereocenters. The lowest BCUT2D eigenvalue weighted by Crippen LogP contribution is -2.39. The van der Waals surface area contributed by atoms with Gasteiger partial charge in [0.15, 0.2) is 0 Å². The van der Waals surface area contributed by atoms with Gasteiger partial charge in [0.25, 0.3) is 0 Å². The third kappa shape index (κ3) is 8.48. The summed E-state index contributed by atoms with van der Waals surface area (Å²) in [5, 5.41) is 5.43. The monoisotopic (exact) mass is 428 g/mol. The number of amides is 2. The van der Waals surface area contributed by atoms with Crippen LogP contribution >= 0.6 is 0 Å². The number of ether oxygens (including phenoxy) is 1. The van der Waals surface area contributed by atoms with Crippen LogP contribution in [0.4, 0.5) is 5.69 Å². The van der Waals surface area contributed by atoms with Crippen LogP contribution in [0.25, 0.3) is 0 Å². The summed E-state index contributed by atoms with van der Waals surface area (Å²) in [5.74, 6) is -0.513. The van der Waals surface area contributed by atoms with E-state index in [4.69, 9.17) is 4.74 Å². The lowest BCUT2D eigenvalue weighted by Gasteiger charge is -2.19. The van der Waals surface area contributed by atoms with Gasteiger partial charge >= 0.3 is 0 Å². The molecule has 0 spiro atoms. The van der Waals surface area contributed by atoms with E-state index in [0.29, 0.717) is 31.9 Å². The third-order valence-electron chi connectivity index (χ3n) is 4.14. The molecule has 0 bridgehead atoms. The predicted molar refractivity (Wildman–Crippen MR) is 112 cm³/mol. The van der Waals surface area contributed by atoms with E-state index in [2.05, 4.69) is 10.6 Å². The van der Waals surface area contributed by atoms with E-state index in [0.717, 1.165) is 6.42 Å². The van der Waals surface area contributed by atoms with Crippen molar-refractivity contribution in [1.29, 1.82) is 0 Å². The van der Waals surface area contributed by atoms with E-state index in [9.17, 15) is 18.0 Å². The first-order chi connectivity index (χ1) is 13.7. The van der Waals surface area contributed by atoms with Gasteiger partial charge in [-0.05, 0) is 31.7 Å². The summed E-state index contributed by atoms with van der Waals surface area (Å²) in [5.41, 5.74) is 0.389. The zero-order chi connectivity index (χ0) is 21.9. The Morgan fingerprint density at radius 2 is 1.76 bits per heavy atom. The van der Waals surface area contributed by atoms with E-state index >= 15 is 0 Å². The smallest absolute Gasteiger partial charge is 0.243 e. The minimum Gasteiger partial charge on any atom is -0.385 e. The molecule has 0 fully saturated rings. The Balaban J connectivity index is 2.61. The minimum atomic E-state index is -3.60. The molecule has 0 aromatic heterocycles. The molecule has 0 aliphatic carbocycles. The van der Waals surface area contributed by atoms with Gasteiger partial charge in [-0.15, -0.1) is 0 Å². The molecule has 10 heteroatoms. The van der Waals surface area contributed by atoms with Crippen molar-refractivity contribution in [3.8, 4) is 0 Å². The normalized spacial score (nSPS) is 11.7. The summed E-state index contributed by atoms with van der Waals surface area (Å²) in [4.78, 5) is 25.8. The van der Waals surface area contributed by atoms with Gasteiger partial charge < -0.3 is 15.4 Å². The standard InChI is InChI=1S/C19H32N4O5S/c1-5-23(6-2)29(26,27)17-10-7-9-16(13-17)21-19(25)15-22(3)14-18(24)20-11-8-12-28-4/h7,9-10,13H,5-6,8,11-12,14-15H2,1-4H3,(H,20,24)(H,21,25). The summed E-state index contributed by atoms with van der Waals surface area (Å²) in [7, 11) is -0.339. The molecule has 0 radical (unpaired) electrons. The van der Waals surface area contributed by atoms with Gasteiger partial charge in [-0.1, -0.05) is 19.9 Å². The van der Waals surface area contributed by atoms with E-state index < -0.39 is 10.0 Å². The van der Waals surface area contributed by atoms with Gasteiger partial charge in [0.2, 0.25) is 21.8 Å². The highest BCUT2D eigenvalue weighted by Gasteiger charge is 2.22. The maximum Gasteiger partial charge on any atom is 0.243 e. The van der Waals surface area contributed by atoms with Crippen molar-refractivity contribution in [2.24, 2.45) is 0 Å². The largest absolute Gasteiger partial charge is 0.385 e. The number of carbonyl (C=O) groups is 2. The topological polar surface area (TPSA) is 108 Å². The van der Waals surface area contributed by atoms with Crippen molar-refractivity contribution in [3.63, 3.8) is 0 Å². The van der Waals surface area contributed by atoms with Crippen LogP contribution in [0.5, 0.6) is 0 Å². The van der Waals surface area contributed by atoms with Crippen LogP contribution in [0.2, 0.25) is 0 Å². The van der Waals surface area contributed by atoms with Crippen LogP contribution in [0.15, 0.2) is 29.2 Å². The van der Waals surface area contributed by atoms with Crippen molar-refractivity contribution in [2.45, 2.75) is 25.2 Å². The van der Waals surface area contributed by atoms with Gasteiger partial charge in [-0.25, -0.2) is 8.42 Å². The molecule has 2 amide bonds. The number of benzene rings is 1. The molecule has 0 saturated heterocycles. The van der Waals surface area contributed by atoms with Gasteiger partial charge in [0, 0.05) is 39.0 Å². The molecule has 1 aromatic carbocycles. The maximum atomic E-state index is 12.6. The molecule has 29 heavy (non-hydrogen) atoms. The van der Waals surface area contributed by atoms with Crippen LogP contribution in [-0.4, -0.2) is 82.9 Å². The van der Waals surface area contributed by atoms with E-state index in [1.807, 2.05) is 0 Å². The molecule has 9 nitrogen and oxygen atoms in total. The molecule has 2 N–H and O–H groups in total. The fourth-order valence-corrected chi connectivity index (χ4v) is 4.20. The lowest BCUT2D eigenvalue weighted by atomic mass is 10.3. The van der Waals surface area contributed by atoms with E-state index in [1.165, 1.54) is 16.4 Å². The van der Waals surface area contributed by atoms with Crippen molar-refractivity contribution in [3.05, 3.63) is 24.3 Å². The quantitative estimate of drug-likeness (QED) is 0.449. The van der Waals surface area contributed by atoms with Crippen molar-refractivity contribution < 1.29 is 22.7 Å². The first kappa shape index (κ1) is 25.0. The number of hydrogen-bond acceptors (Lipinski definition) is 6. The zero-order valence-electron chi connectivity index (χ0n) is 17.6. The Hall–Kier alpha value is -2.01. The van der Waals surface area contributed by atoms with Crippen LogP contribution in [0, 0.1) is 0 Å². The highest BCUT2D eigenvalue weighted by Crippen LogP contribution is 2.19. The van der Waals surface area contributed by atoms with E-state index in [-0.39, 0.29) is 29.8 Å². The minimum absolute atomic E-state index is 0.00147. The summed E-state index contributed by atoms with van der Waals surface area (Å²) in [6, 6.07) is 6.16. The van der Waals surface area contributed by atoms with Crippen molar-refractivity contribution in [1.82, 2.24) is 14.5 Å². The summed E-state index contributed by atoms with van der Waals surface area (Å²) >= 11 is 0. The SMILES string of the molecule is CCN(CC)S(=O)(=O)c1cccc(NC(=O)CN(C)CC(=O)NCCCOC)c1. The Bertz CT molecular complexity index is 766. The highest BCUT2D eigenvalue weighted by molar-refractivity contribution is 7.89. The van der Waals surface area contributed by atoms with Crippen LogP contribution in [-0.2, 0) is 24.3 Å². The number of methoxy groups -OCH3 is 1. The Labute approximate surface area is 173 Å². The van der Waals surface area contributed by atoms with Crippen molar-refractivity contribution in [2.75, 3.05) is 58.8 Å². The van der Waals surface area contributed by atoms with Gasteiger partial charge in [0.1, 0.15) is 0 Å².